The van der Waals surface area contributed by atoms with Gasteiger partial charge in [-0.3, -0.25) is 24.1 Å². The number of benzene rings is 2. The number of halogens is 1. The summed E-state index contributed by atoms with van der Waals surface area (Å²) in [6, 6.07) is 12.4. The van der Waals surface area contributed by atoms with Crippen LogP contribution in [-0.2, 0) is 19.2 Å². The summed E-state index contributed by atoms with van der Waals surface area (Å²) in [6.07, 6.45) is 7.62. The maximum atomic E-state index is 14.5. The van der Waals surface area contributed by atoms with E-state index < -0.39 is 29.1 Å². The zero-order valence-electron chi connectivity index (χ0n) is 24.3. The number of amides is 4. The summed E-state index contributed by atoms with van der Waals surface area (Å²) in [5, 5.41) is 10.6. The molecule has 0 radical (unpaired) electrons. The molecule has 6 atom stereocenters. The molecule has 224 valence electrons. The number of hydrogen-bond donors (Lipinski definition) is 1. The van der Waals surface area contributed by atoms with E-state index in [0.717, 1.165) is 37.7 Å². The predicted octanol–water partition coefficient (Wildman–Crippen LogP) is 5.73. The molecule has 5 aliphatic rings. The van der Waals surface area contributed by atoms with Crippen molar-refractivity contribution in [2.75, 3.05) is 12.0 Å². The van der Waals surface area contributed by atoms with Crippen LogP contribution in [0.15, 0.2) is 58.6 Å². The number of carbonyl (C=O) groups is 4. The number of carbonyl (C=O) groups excluding carboxylic acids is 4. The average molecular weight is 648 g/mol. The van der Waals surface area contributed by atoms with Gasteiger partial charge in [0.15, 0.2) is 11.5 Å². The molecule has 6 unspecified atom stereocenters. The zero-order valence-corrected chi connectivity index (χ0v) is 25.9. The van der Waals surface area contributed by atoms with Gasteiger partial charge in [-0.2, -0.15) is 0 Å². The largest absolute Gasteiger partial charge is 0.503 e. The second kappa shape index (κ2) is 10.3. The molecule has 0 bridgehead atoms. The topological polar surface area (TPSA) is 104 Å². The van der Waals surface area contributed by atoms with E-state index in [-0.39, 0.29) is 47.1 Å². The summed E-state index contributed by atoms with van der Waals surface area (Å²) < 4.78 is 5.90. The third-order valence-electron chi connectivity index (χ3n) is 10.9. The van der Waals surface area contributed by atoms with Gasteiger partial charge in [0.25, 0.3) is 0 Å². The molecule has 2 aromatic rings. The summed E-state index contributed by atoms with van der Waals surface area (Å²) in [5.41, 5.74) is 0.989. The van der Waals surface area contributed by atoms with E-state index in [1.54, 1.807) is 41.3 Å². The fourth-order valence-corrected chi connectivity index (χ4v) is 9.32. The summed E-state index contributed by atoms with van der Waals surface area (Å²) >= 11 is 3.46. The van der Waals surface area contributed by atoms with Crippen molar-refractivity contribution in [3.63, 3.8) is 0 Å². The smallest absolute Gasteiger partial charge is 0.241 e. The number of fused-ring (bicyclic) bond motifs is 4. The Morgan fingerprint density at radius 3 is 2.37 bits per heavy atom. The molecule has 2 saturated heterocycles. The lowest BCUT2D eigenvalue weighted by Gasteiger charge is -2.49. The van der Waals surface area contributed by atoms with Crippen molar-refractivity contribution in [2.45, 2.75) is 63.8 Å². The van der Waals surface area contributed by atoms with Gasteiger partial charge < -0.3 is 9.84 Å². The Labute approximate surface area is 259 Å². The molecule has 2 aromatic carbocycles. The van der Waals surface area contributed by atoms with Crippen LogP contribution in [0.5, 0.6) is 11.5 Å². The van der Waals surface area contributed by atoms with Gasteiger partial charge in [0.2, 0.25) is 23.6 Å². The lowest BCUT2D eigenvalue weighted by molar-refractivity contribution is -0.144. The number of para-hydroxylation sites is 1. The number of likely N-dealkylation sites (tertiary alicyclic amines) is 1. The number of phenols is 1. The van der Waals surface area contributed by atoms with Gasteiger partial charge in [-0.25, -0.2) is 4.90 Å². The molecule has 8 nitrogen and oxygen atoms in total. The van der Waals surface area contributed by atoms with Gasteiger partial charge in [0.1, 0.15) is 0 Å². The monoisotopic (exact) mass is 646 g/mol. The third-order valence-corrected chi connectivity index (χ3v) is 11.5. The van der Waals surface area contributed by atoms with E-state index in [0.29, 0.717) is 28.6 Å². The number of ether oxygens (including phenoxy) is 1. The molecule has 4 fully saturated rings. The van der Waals surface area contributed by atoms with Gasteiger partial charge in [-0.15, -0.1) is 0 Å². The number of allylic oxidation sites excluding steroid dienone is 2. The molecule has 7 rings (SSSR count). The maximum Gasteiger partial charge on any atom is 0.241 e. The fourth-order valence-electron chi connectivity index (χ4n) is 8.86. The van der Waals surface area contributed by atoms with Crippen molar-refractivity contribution in [1.29, 1.82) is 0 Å². The number of phenolic OH excluding ortho intramolecular Hbond substituents is 1. The highest BCUT2D eigenvalue weighted by molar-refractivity contribution is 9.10. The van der Waals surface area contributed by atoms with E-state index >= 15 is 0 Å². The molecule has 2 aliphatic heterocycles. The van der Waals surface area contributed by atoms with Crippen molar-refractivity contribution < 1.29 is 29.0 Å². The second-order valence-electron chi connectivity index (χ2n) is 12.9. The second-order valence-corrected chi connectivity index (χ2v) is 13.7. The fraction of sp³-hybridized carbons (Fsp3) is 0.471. The van der Waals surface area contributed by atoms with Gasteiger partial charge in [-0.05, 0) is 84.3 Å². The number of imide groups is 2. The molecular formula is C34H35BrN2O6. The summed E-state index contributed by atoms with van der Waals surface area (Å²) in [5.74, 6) is -3.24. The van der Waals surface area contributed by atoms with E-state index in [9.17, 15) is 24.3 Å². The first-order chi connectivity index (χ1) is 20.7. The Morgan fingerprint density at radius 1 is 0.953 bits per heavy atom. The van der Waals surface area contributed by atoms with Crippen molar-refractivity contribution in [1.82, 2.24) is 4.90 Å². The Balaban J connectivity index is 1.37. The van der Waals surface area contributed by atoms with Crippen LogP contribution in [0.2, 0.25) is 0 Å². The summed E-state index contributed by atoms with van der Waals surface area (Å²) in [7, 11) is 1.47. The molecule has 3 aliphatic carbocycles. The van der Waals surface area contributed by atoms with Crippen LogP contribution in [0.3, 0.4) is 0 Å². The molecule has 4 amide bonds. The Kier molecular flexibility index (Phi) is 6.80. The normalized spacial score (nSPS) is 32.4. The molecule has 0 spiro atoms. The highest BCUT2D eigenvalue weighted by atomic mass is 79.9. The van der Waals surface area contributed by atoms with Crippen molar-refractivity contribution in [3.05, 3.63) is 64.1 Å². The van der Waals surface area contributed by atoms with Crippen molar-refractivity contribution in [3.8, 4) is 11.5 Å². The third kappa shape index (κ3) is 3.99. The van der Waals surface area contributed by atoms with Crippen molar-refractivity contribution in [2.24, 2.45) is 29.1 Å². The zero-order chi connectivity index (χ0) is 30.2. The first-order valence-corrected chi connectivity index (χ1v) is 16.0. The number of rotatable bonds is 4. The number of hydrogen-bond acceptors (Lipinski definition) is 6. The standard InChI is InChI=1S/C34H35BrN2O6/c1-34-24(31(40)37(33(34)42)20-11-7-4-8-12-20)17-23-21(28(34)18-15-25(35)29(38)26(16-18)43-2)13-14-22-27(23)32(41)36(30(22)39)19-9-5-3-6-10-19/h4,7-8,11-13,15-16,19,22-24,27-28,38H,3,5-6,9-10,14,17H2,1-2H3. The van der Waals surface area contributed by atoms with E-state index in [1.165, 1.54) is 12.0 Å². The first-order valence-electron chi connectivity index (χ1n) is 15.2. The van der Waals surface area contributed by atoms with E-state index in [1.807, 2.05) is 13.0 Å². The van der Waals surface area contributed by atoms with Crippen LogP contribution in [-0.4, -0.2) is 46.8 Å². The van der Waals surface area contributed by atoms with Gasteiger partial charge in [-0.1, -0.05) is 49.1 Å². The molecule has 2 heterocycles. The van der Waals surface area contributed by atoms with Gasteiger partial charge in [0.05, 0.1) is 40.4 Å². The minimum absolute atomic E-state index is 0.0579. The van der Waals surface area contributed by atoms with Crippen molar-refractivity contribution >= 4 is 45.2 Å². The SMILES string of the molecule is COc1cc(C2C3=CCC4C(=O)N(C5CCCCC5)C(=O)C4C3CC3C(=O)N(c4ccccc4)C(=O)C32C)cc(Br)c1O. The number of nitrogens with zero attached hydrogens (tertiary/aromatic N) is 2. The quantitative estimate of drug-likeness (QED) is 0.336. The Hall–Kier alpha value is -3.46. The van der Waals surface area contributed by atoms with Crippen LogP contribution >= 0.6 is 15.9 Å². The van der Waals surface area contributed by atoms with Crippen LogP contribution in [0, 0.1) is 29.1 Å². The van der Waals surface area contributed by atoms with E-state index in [4.69, 9.17) is 4.74 Å². The van der Waals surface area contributed by atoms with Gasteiger partial charge in [0, 0.05) is 12.0 Å². The highest BCUT2D eigenvalue weighted by Gasteiger charge is 2.67. The molecule has 0 aromatic heterocycles. The lowest BCUT2D eigenvalue weighted by Crippen LogP contribution is -2.49. The Bertz CT molecular complexity index is 1570. The van der Waals surface area contributed by atoms with Crippen LogP contribution < -0.4 is 9.64 Å². The maximum absolute atomic E-state index is 14.5. The van der Waals surface area contributed by atoms with Crippen LogP contribution in [0.25, 0.3) is 0 Å². The van der Waals surface area contributed by atoms with Crippen LogP contribution in [0.4, 0.5) is 5.69 Å². The predicted molar refractivity (Wildman–Crippen MR) is 162 cm³/mol. The number of anilines is 1. The number of aromatic hydroxyl groups is 1. The van der Waals surface area contributed by atoms with Gasteiger partial charge >= 0.3 is 0 Å². The molecule has 43 heavy (non-hydrogen) atoms. The minimum Gasteiger partial charge on any atom is -0.503 e. The number of methoxy groups -OCH3 is 1. The minimum atomic E-state index is -1.15. The van der Waals surface area contributed by atoms with Crippen LogP contribution in [0.1, 0.15) is 63.4 Å². The highest BCUT2D eigenvalue weighted by Crippen LogP contribution is 2.64. The van der Waals surface area contributed by atoms with E-state index in [2.05, 4.69) is 22.0 Å². The average Bonchev–Trinajstić information content (AvgIpc) is 3.38. The lowest BCUT2D eigenvalue weighted by atomic mass is 9.51. The molecule has 9 heteroatoms. The molecular weight excluding hydrogens is 612 g/mol. The molecule has 2 saturated carbocycles. The Morgan fingerprint density at radius 2 is 1.67 bits per heavy atom. The first kappa shape index (κ1) is 28.3. The molecule has 1 N–H and O–H groups in total. The summed E-state index contributed by atoms with van der Waals surface area (Å²) in [6.45, 7) is 1.86. The summed E-state index contributed by atoms with van der Waals surface area (Å²) in [4.78, 5) is 59.6.